The molecule has 0 bridgehead atoms. The van der Waals surface area contributed by atoms with Crippen LogP contribution in [0.4, 0.5) is 5.69 Å². The van der Waals surface area contributed by atoms with Crippen molar-refractivity contribution < 1.29 is 13.2 Å². The van der Waals surface area contributed by atoms with Crippen LogP contribution in [0.1, 0.15) is 5.56 Å². The fourth-order valence-electron chi connectivity index (χ4n) is 1.75. The summed E-state index contributed by atoms with van der Waals surface area (Å²) in [4.78, 5) is 0. The Kier molecular flexibility index (Phi) is 4.03. The summed E-state index contributed by atoms with van der Waals surface area (Å²) in [5.41, 5.74) is 6.23. The van der Waals surface area contributed by atoms with E-state index >= 15 is 0 Å². The summed E-state index contributed by atoms with van der Waals surface area (Å²) in [6.07, 6.45) is 0. The molecule has 1 saturated heterocycles. The minimum Gasteiger partial charge on any atom is -0.384 e. The predicted molar refractivity (Wildman–Crippen MR) is 72.4 cm³/mol. The molecule has 1 aliphatic rings. The molecule has 1 aliphatic heterocycles. The van der Waals surface area contributed by atoms with E-state index in [1.807, 2.05) is 0 Å². The van der Waals surface area contributed by atoms with E-state index in [0.717, 1.165) is 0 Å². The van der Waals surface area contributed by atoms with Gasteiger partial charge in [-0.3, -0.25) is 10.1 Å². The van der Waals surface area contributed by atoms with Gasteiger partial charge in [-0.1, -0.05) is 12.1 Å². The monoisotopic (exact) mass is 284 g/mol. The van der Waals surface area contributed by atoms with E-state index in [4.69, 9.17) is 15.9 Å². The number of benzene rings is 1. The van der Waals surface area contributed by atoms with Crippen molar-refractivity contribution in [2.45, 2.75) is 0 Å². The van der Waals surface area contributed by atoms with Crippen LogP contribution in [0.3, 0.4) is 0 Å². The van der Waals surface area contributed by atoms with E-state index in [2.05, 4.69) is 4.72 Å². The van der Waals surface area contributed by atoms with E-state index in [1.165, 1.54) is 10.4 Å². The van der Waals surface area contributed by atoms with Crippen molar-refractivity contribution in [1.82, 2.24) is 4.31 Å². The van der Waals surface area contributed by atoms with Gasteiger partial charge in [0.2, 0.25) is 0 Å². The van der Waals surface area contributed by atoms with Gasteiger partial charge in [0.05, 0.1) is 18.9 Å². The first-order valence-corrected chi connectivity index (χ1v) is 7.23. The zero-order valence-corrected chi connectivity index (χ0v) is 11.1. The first kappa shape index (κ1) is 13.8. The number of hydrogen-bond acceptors (Lipinski definition) is 4. The lowest BCUT2D eigenvalue weighted by Gasteiger charge is -2.26. The van der Waals surface area contributed by atoms with Crippen molar-refractivity contribution in [1.29, 1.82) is 5.41 Å². The molecule has 0 unspecified atom stereocenters. The van der Waals surface area contributed by atoms with Crippen LogP contribution in [0.5, 0.6) is 0 Å². The van der Waals surface area contributed by atoms with Crippen LogP contribution in [0.25, 0.3) is 0 Å². The molecule has 19 heavy (non-hydrogen) atoms. The Morgan fingerprint density at radius 1 is 1.37 bits per heavy atom. The highest BCUT2D eigenvalue weighted by atomic mass is 32.2. The summed E-state index contributed by atoms with van der Waals surface area (Å²) >= 11 is 0. The summed E-state index contributed by atoms with van der Waals surface area (Å²) in [5.74, 6) is -0.104. The average Bonchev–Trinajstić information content (AvgIpc) is 2.39. The lowest BCUT2D eigenvalue weighted by Crippen LogP contribution is -2.43. The molecule has 1 heterocycles. The number of nitrogens with two attached hydrogens (primary N) is 1. The van der Waals surface area contributed by atoms with Crippen LogP contribution < -0.4 is 10.5 Å². The Labute approximate surface area is 112 Å². The number of ether oxygens (including phenoxy) is 1. The van der Waals surface area contributed by atoms with Crippen LogP contribution in [-0.2, 0) is 14.9 Å². The van der Waals surface area contributed by atoms with Gasteiger partial charge in [0.25, 0.3) is 0 Å². The number of anilines is 1. The molecule has 0 radical (unpaired) electrons. The first-order valence-electron chi connectivity index (χ1n) is 5.79. The molecule has 0 atom stereocenters. The molecule has 1 aromatic carbocycles. The second-order valence-electron chi connectivity index (χ2n) is 4.11. The molecule has 0 amide bonds. The van der Waals surface area contributed by atoms with Gasteiger partial charge in [-0.2, -0.15) is 12.7 Å². The van der Waals surface area contributed by atoms with Gasteiger partial charge in [0.15, 0.2) is 0 Å². The fraction of sp³-hybridized carbons (Fsp3) is 0.364. The minimum atomic E-state index is -3.59. The van der Waals surface area contributed by atoms with Crippen LogP contribution in [0, 0.1) is 5.41 Å². The zero-order valence-electron chi connectivity index (χ0n) is 10.3. The van der Waals surface area contributed by atoms with Crippen LogP contribution in [-0.4, -0.2) is 44.9 Å². The molecular weight excluding hydrogens is 268 g/mol. The summed E-state index contributed by atoms with van der Waals surface area (Å²) in [6.45, 7) is 1.46. The largest absolute Gasteiger partial charge is 0.384 e. The molecule has 7 nitrogen and oxygen atoms in total. The number of nitrogens with one attached hydrogen (secondary N) is 2. The minimum absolute atomic E-state index is 0.104. The SMILES string of the molecule is N=C(N)c1cccc(NS(=O)(=O)N2CCOCC2)c1. The quantitative estimate of drug-likeness (QED) is 0.532. The number of nitrogens with zero attached hydrogens (tertiary/aromatic N) is 1. The molecule has 0 saturated carbocycles. The summed E-state index contributed by atoms with van der Waals surface area (Å²) in [7, 11) is -3.59. The molecule has 0 spiro atoms. The van der Waals surface area contributed by atoms with Crippen molar-refractivity contribution in [3.63, 3.8) is 0 Å². The third kappa shape index (κ3) is 3.43. The van der Waals surface area contributed by atoms with Gasteiger partial charge >= 0.3 is 10.2 Å². The van der Waals surface area contributed by atoms with Crippen LogP contribution >= 0.6 is 0 Å². The fourth-order valence-corrected chi connectivity index (χ4v) is 2.93. The number of nitrogen functional groups attached to an aromatic ring is 1. The highest BCUT2D eigenvalue weighted by molar-refractivity contribution is 7.90. The average molecular weight is 284 g/mol. The molecule has 4 N–H and O–H groups in total. The molecule has 2 rings (SSSR count). The third-order valence-electron chi connectivity index (χ3n) is 2.73. The van der Waals surface area contributed by atoms with Gasteiger partial charge in [0.1, 0.15) is 5.84 Å². The summed E-state index contributed by atoms with van der Waals surface area (Å²) < 4.78 is 33.1. The van der Waals surface area contributed by atoms with Gasteiger partial charge in [-0.25, -0.2) is 0 Å². The second kappa shape index (κ2) is 5.55. The highest BCUT2D eigenvalue weighted by Crippen LogP contribution is 2.14. The normalized spacial score (nSPS) is 17.1. The van der Waals surface area contributed by atoms with Crippen LogP contribution in [0.2, 0.25) is 0 Å². The van der Waals surface area contributed by atoms with E-state index in [9.17, 15) is 8.42 Å². The van der Waals surface area contributed by atoms with Crippen molar-refractivity contribution in [2.75, 3.05) is 31.0 Å². The van der Waals surface area contributed by atoms with Gasteiger partial charge in [-0.05, 0) is 12.1 Å². The van der Waals surface area contributed by atoms with E-state index in [1.54, 1.807) is 18.2 Å². The Morgan fingerprint density at radius 2 is 2.05 bits per heavy atom. The molecule has 104 valence electrons. The summed E-state index contributed by atoms with van der Waals surface area (Å²) in [5, 5.41) is 7.33. The number of morpholine rings is 1. The number of amidine groups is 1. The lowest BCUT2D eigenvalue weighted by atomic mass is 10.2. The Balaban J connectivity index is 2.15. The maximum absolute atomic E-state index is 12.1. The van der Waals surface area contributed by atoms with Gasteiger partial charge in [-0.15, -0.1) is 0 Å². The van der Waals surface area contributed by atoms with Crippen molar-refractivity contribution >= 4 is 21.7 Å². The summed E-state index contributed by atoms with van der Waals surface area (Å²) in [6, 6.07) is 6.44. The Bertz CT molecular complexity index is 567. The van der Waals surface area contributed by atoms with Crippen molar-refractivity contribution in [2.24, 2.45) is 5.73 Å². The number of rotatable bonds is 4. The van der Waals surface area contributed by atoms with Crippen molar-refractivity contribution in [3.8, 4) is 0 Å². The molecular formula is C11H16N4O3S. The molecule has 1 fully saturated rings. The lowest BCUT2D eigenvalue weighted by molar-refractivity contribution is 0.0733. The van der Waals surface area contributed by atoms with E-state index in [-0.39, 0.29) is 5.84 Å². The van der Waals surface area contributed by atoms with E-state index in [0.29, 0.717) is 37.6 Å². The second-order valence-corrected chi connectivity index (χ2v) is 5.78. The van der Waals surface area contributed by atoms with Gasteiger partial charge in [0, 0.05) is 18.7 Å². The maximum atomic E-state index is 12.1. The Morgan fingerprint density at radius 3 is 2.68 bits per heavy atom. The van der Waals surface area contributed by atoms with Crippen molar-refractivity contribution in [3.05, 3.63) is 29.8 Å². The predicted octanol–water partition coefficient (Wildman–Crippen LogP) is -0.0404. The molecule has 8 heteroatoms. The molecule has 0 aromatic heterocycles. The zero-order chi connectivity index (χ0) is 13.9. The highest BCUT2D eigenvalue weighted by Gasteiger charge is 2.24. The number of hydrogen-bond donors (Lipinski definition) is 3. The molecule has 0 aliphatic carbocycles. The smallest absolute Gasteiger partial charge is 0.301 e. The Hall–Kier alpha value is -1.64. The van der Waals surface area contributed by atoms with E-state index < -0.39 is 10.2 Å². The first-order chi connectivity index (χ1) is 8.99. The standard InChI is InChI=1S/C11H16N4O3S/c12-11(13)9-2-1-3-10(8-9)14-19(16,17)15-4-6-18-7-5-15/h1-3,8,14H,4-7H2,(H3,12,13). The molecule has 1 aromatic rings. The topological polar surface area (TPSA) is 109 Å². The third-order valence-corrected chi connectivity index (χ3v) is 4.27. The van der Waals surface area contributed by atoms with Crippen LogP contribution in [0.15, 0.2) is 24.3 Å². The maximum Gasteiger partial charge on any atom is 0.301 e. The van der Waals surface area contributed by atoms with Gasteiger partial charge < -0.3 is 10.5 Å².